The summed E-state index contributed by atoms with van der Waals surface area (Å²) in [6.07, 6.45) is -4.33. The predicted molar refractivity (Wildman–Crippen MR) is 78.9 cm³/mol. The molecule has 2 aromatic rings. The molecule has 0 aliphatic heterocycles. The molecule has 0 amide bonds. The van der Waals surface area contributed by atoms with Crippen molar-refractivity contribution in [3.8, 4) is 11.1 Å². The number of halogens is 3. The second-order valence-corrected chi connectivity index (χ2v) is 5.36. The molecule has 112 valence electrons. The number of rotatable bonds is 3. The summed E-state index contributed by atoms with van der Waals surface area (Å²) in [4.78, 5) is 0. The molecular weight excluding hydrogens is 275 g/mol. The van der Waals surface area contributed by atoms with Crippen LogP contribution in [-0.4, -0.2) is 0 Å². The molecule has 0 heterocycles. The molecule has 0 aliphatic carbocycles. The van der Waals surface area contributed by atoms with Crippen LogP contribution in [-0.2, 0) is 12.7 Å². The number of alkyl halides is 3. The summed E-state index contributed by atoms with van der Waals surface area (Å²) in [5.41, 5.74) is 8.20. The maximum atomic E-state index is 12.9. The first-order chi connectivity index (χ1) is 9.82. The zero-order valence-corrected chi connectivity index (χ0v) is 12.0. The van der Waals surface area contributed by atoms with Gasteiger partial charge in [-0.15, -0.1) is 0 Å². The van der Waals surface area contributed by atoms with E-state index in [1.165, 1.54) is 6.07 Å². The Morgan fingerprint density at radius 3 is 2.10 bits per heavy atom. The van der Waals surface area contributed by atoms with Crippen molar-refractivity contribution in [2.45, 2.75) is 32.5 Å². The van der Waals surface area contributed by atoms with Gasteiger partial charge in [0.15, 0.2) is 0 Å². The molecule has 1 nitrogen and oxygen atoms in total. The molecule has 2 aromatic carbocycles. The Labute approximate surface area is 122 Å². The molecule has 4 heteroatoms. The van der Waals surface area contributed by atoms with Gasteiger partial charge in [0.1, 0.15) is 0 Å². The van der Waals surface area contributed by atoms with Crippen LogP contribution in [0.4, 0.5) is 13.2 Å². The van der Waals surface area contributed by atoms with E-state index >= 15 is 0 Å². The van der Waals surface area contributed by atoms with Gasteiger partial charge in [-0.2, -0.15) is 13.2 Å². The topological polar surface area (TPSA) is 26.0 Å². The summed E-state index contributed by atoms with van der Waals surface area (Å²) in [7, 11) is 0. The van der Waals surface area contributed by atoms with Crippen molar-refractivity contribution in [3.05, 3.63) is 59.2 Å². The van der Waals surface area contributed by atoms with Crippen LogP contribution in [0, 0.1) is 0 Å². The molecule has 0 bridgehead atoms. The fourth-order valence-electron chi connectivity index (χ4n) is 2.31. The summed E-state index contributed by atoms with van der Waals surface area (Å²) in [6.45, 7) is 4.36. The molecule has 0 saturated carbocycles. The fraction of sp³-hybridized carbons (Fsp3) is 0.294. The standard InChI is InChI=1S/C17H18F3N/c1-11(2)15-8-7-14(17(18,19)20)9-16(15)13-5-3-12(10-21)4-6-13/h3-9,11H,10,21H2,1-2H3. The summed E-state index contributed by atoms with van der Waals surface area (Å²) in [5, 5.41) is 0. The Kier molecular flexibility index (Phi) is 4.37. The van der Waals surface area contributed by atoms with Gasteiger partial charge in [0.05, 0.1) is 5.56 Å². The lowest BCUT2D eigenvalue weighted by Gasteiger charge is -2.16. The molecule has 0 unspecified atom stereocenters. The van der Waals surface area contributed by atoms with Crippen LogP contribution in [0.1, 0.15) is 36.5 Å². The smallest absolute Gasteiger partial charge is 0.326 e. The van der Waals surface area contributed by atoms with E-state index in [0.717, 1.165) is 22.8 Å². The van der Waals surface area contributed by atoms with E-state index in [1.54, 1.807) is 6.07 Å². The minimum absolute atomic E-state index is 0.150. The third kappa shape index (κ3) is 3.45. The molecule has 0 radical (unpaired) electrons. The van der Waals surface area contributed by atoms with Crippen LogP contribution < -0.4 is 5.73 Å². The van der Waals surface area contributed by atoms with Gasteiger partial charge in [-0.05, 0) is 40.3 Å². The monoisotopic (exact) mass is 293 g/mol. The van der Waals surface area contributed by atoms with Crippen LogP contribution in [0.5, 0.6) is 0 Å². The van der Waals surface area contributed by atoms with Crippen LogP contribution in [0.15, 0.2) is 42.5 Å². The summed E-state index contributed by atoms with van der Waals surface area (Å²) in [6, 6.07) is 11.3. The summed E-state index contributed by atoms with van der Waals surface area (Å²) in [5.74, 6) is 0.150. The van der Waals surface area contributed by atoms with E-state index in [1.807, 2.05) is 38.1 Å². The Morgan fingerprint density at radius 1 is 1.00 bits per heavy atom. The van der Waals surface area contributed by atoms with Crippen molar-refractivity contribution >= 4 is 0 Å². The van der Waals surface area contributed by atoms with Gasteiger partial charge >= 0.3 is 6.18 Å². The third-order valence-electron chi connectivity index (χ3n) is 3.50. The average molecular weight is 293 g/mol. The van der Waals surface area contributed by atoms with Gasteiger partial charge in [0, 0.05) is 6.54 Å². The second kappa shape index (κ2) is 5.90. The minimum Gasteiger partial charge on any atom is -0.326 e. The van der Waals surface area contributed by atoms with Crippen molar-refractivity contribution in [1.29, 1.82) is 0 Å². The molecule has 0 atom stereocenters. The molecule has 0 aliphatic rings. The van der Waals surface area contributed by atoms with Crippen molar-refractivity contribution < 1.29 is 13.2 Å². The largest absolute Gasteiger partial charge is 0.416 e. The average Bonchev–Trinajstić information content (AvgIpc) is 2.45. The molecule has 21 heavy (non-hydrogen) atoms. The number of hydrogen-bond donors (Lipinski definition) is 1. The van der Waals surface area contributed by atoms with Crippen LogP contribution in [0.3, 0.4) is 0 Å². The first-order valence-corrected chi connectivity index (χ1v) is 6.83. The first kappa shape index (κ1) is 15.6. The Morgan fingerprint density at radius 2 is 1.62 bits per heavy atom. The highest BCUT2D eigenvalue weighted by atomic mass is 19.4. The summed E-state index contributed by atoms with van der Waals surface area (Å²) >= 11 is 0. The van der Waals surface area contributed by atoms with Crippen LogP contribution >= 0.6 is 0 Å². The van der Waals surface area contributed by atoms with Crippen molar-refractivity contribution in [1.82, 2.24) is 0 Å². The Hall–Kier alpha value is -1.81. The molecule has 0 saturated heterocycles. The van der Waals surface area contributed by atoms with Crippen molar-refractivity contribution in [2.24, 2.45) is 5.73 Å². The normalized spacial score (nSPS) is 12.0. The Bertz CT molecular complexity index is 613. The Balaban J connectivity index is 2.57. The van der Waals surface area contributed by atoms with E-state index in [4.69, 9.17) is 5.73 Å². The quantitative estimate of drug-likeness (QED) is 0.851. The number of nitrogens with two attached hydrogens (primary N) is 1. The molecular formula is C17H18F3N. The van der Waals surface area contributed by atoms with E-state index in [0.29, 0.717) is 12.1 Å². The first-order valence-electron chi connectivity index (χ1n) is 6.83. The summed E-state index contributed by atoms with van der Waals surface area (Å²) < 4.78 is 38.8. The SMILES string of the molecule is CC(C)c1ccc(C(F)(F)F)cc1-c1ccc(CN)cc1. The van der Waals surface area contributed by atoms with Crippen molar-refractivity contribution in [3.63, 3.8) is 0 Å². The van der Waals surface area contributed by atoms with Gasteiger partial charge in [0.25, 0.3) is 0 Å². The minimum atomic E-state index is -4.33. The molecule has 0 spiro atoms. The van der Waals surface area contributed by atoms with E-state index in [9.17, 15) is 13.2 Å². The zero-order valence-electron chi connectivity index (χ0n) is 12.0. The maximum Gasteiger partial charge on any atom is 0.416 e. The highest BCUT2D eigenvalue weighted by molar-refractivity contribution is 5.69. The predicted octanol–water partition coefficient (Wildman–Crippen LogP) is 4.95. The van der Waals surface area contributed by atoms with Crippen LogP contribution in [0.2, 0.25) is 0 Å². The second-order valence-electron chi connectivity index (χ2n) is 5.36. The highest BCUT2D eigenvalue weighted by Gasteiger charge is 2.31. The zero-order chi connectivity index (χ0) is 15.6. The van der Waals surface area contributed by atoms with Gasteiger partial charge in [-0.3, -0.25) is 0 Å². The van der Waals surface area contributed by atoms with E-state index in [2.05, 4.69) is 0 Å². The van der Waals surface area contributed by atoms with Gasteiger partial charge < -0.3 is 5.73 Å². The van der Waals surface area contributed by atoms with E-state index in [-0.39, 0.29) is 5.92 Å². The lowest BCUT2D eigenvalue weighted by atomic mass is 9.90. The fourth-order valence-corrected chi connectivity index (χ4v) is 2.31. The van der Waals surface area contributed by atoms with Gasteiger partial charge in [0.2, 0.25) is 0 Å². The molecule has 0 aromatic heterocycles. The lowest BCUT2D eigenvalue weighted by Crippen LogP contribution is -2.06. The number of benzene rings is 2. The highest BCUT2D eigenvalue weighted by Crippen LogP contribution is 2.36. The third-order valence-corrected chi connectivity index (χ3v) is 3.50. The molecule has 2 rings (SSSR count). The maximum absolute atomic E-state index is 12.9. The van der Waals surface area contributed by atoms with Gasteiger partial charge in [-0.25, -0.2) is 0 Å². The number of hydrogen-bond acceptors (Lipinski definition) is 1. The molecule has 2 N–H and O–H groups in total. The van der Waals surface area contributed by atoms with Crippen LogP contribution in [0.25, 0.3) is 11.1 Å². The molecule has 0 fully saturated rings. The van der Waals surface area contributed by atoms with Crippen molar-refractivity contribution in [2.75, 3.05) is 0 Å². The van der Waals surface area contributed by atoms with Gasteiger partial charge in [-0.1, -0.05) is 44.2 Å². The lowest BCUT2D eigenvalue weighted by molar-refractivity contribution is -0.137. The van der Waals surface area contributed by atoms with E-state index < -0.39 is 11.7 Å².